The second-order valence-corrected chi connectivity index (χ2v) is 6.52. The van der Waals surface area contributed by atoms with E-state index in [1.807, 2.05) is 6.92 Å². The van der Waals surface area contributed by atoms with Gasteiger partial charge in [0, 0.05) is 23.6 Å². The van der Waals surface area contributed by atoms with E-state index in [2.05, 4.69) is 10.6 Å². The molecule has 1 aromatic heterocycles. The van der Waals surface area contributed by atoms with E-state index in [-0.39, 0.29) is 31.0 Å². The lowest BCUT2D eigenvalue weighted by Gasteiger charge is -2.27. The summed E-state index contributed by atoms with van der Waals surface area (Å²) in [4.78, 5) is 12.0. The summed E-state index contributed by atoms with van der Waals surface area (Å²) >= 11 is 0. The van der Waals surface area contributed by atoms with Gasteiger partial charge in [-0.25, -0.2) is 9.18 Å². The lowest BCUT2D eigenvalue weighted by Crippen LogP contribution is -2.43. The van der Waals surface area contributed by atoms with Gasteiger partial charge in [0.15, 0.2) is 0 Å². The normalized spacial score (nSPS) is 21.0. The molecule has 1 aromatic carbocycles. The molecule has 1 heterocycles. The Labute approximate surface area is 140 Å². The van der Waals surface area contributed by atoms with Gasteiger partial charge >= 0.3 is 6.03 Å². The number of urea groups is 1. The Morgan fingerprint density at radius 3 is 2.79 bits per heavy atom. The molecule has 3 N–H and O–H groups in total. The number of amides is 2. The monoisotopic (exact) mass is 334 g/mol. The molecular weight excluding hydrogens is 311 g/mol. The molecule has 6 heteroatoms. The average molecular weight is 334 g/mol. The van der Waals surface area contributed by atoms with Crippen LogP contribution >= 0.6 is 0 Å². The highest BCUT2D eigenvalue weighted by Crippen LogP contribution is 2.26. The third-order valence-corrected chi connectivity index (χ3v) is 4.85. The molecule has 24 heavy (non-hydrogen) atoms. The Hall–Kier alpha value is -2.08. The highest BCUT2D eigenvalue weighted by Gasteiger charge is 2.22. The van der Waals surface area contributed by atoms with Crippen molar-refractivity contribution in [3.8, 4) is 0 Å². The van der Waals surface area contributed by atoms with Crippen molar-refractivity contribution in [3.63, 3.8) is 0 Å². The lowest BCUT2D eigenvalue weighted by molar-refractivity contribution is 0.174. The predicted molar refractivity (Wildman–Crippen MR) is 89.1 cm³/mol. The van der Waals surface area contributed by atoms with Gasteiger partial charge in [0.2, 0.25) is 0 Å². The quantitative estimate of drug-likeness (QED) is 0.803. The molecule has 2 amide bonds. The molecule has 1 fully saturated rings. The topological polar surface area (TPSA) is 74.5 Å². The number of carbonyl (C=O) groups excluding carboxylic acids is 1. The zero-order valence-electron chi connectivity index (χ0n) is 13.8. The molecule has 2 aromatic rings. The van der Waals surface area contributed by atoms with Gasteiger partial charge in [0.05, 0.1) is 6.54 Å². The van der Waals surface area contributed by atoms with E-state index in [1.165, 1.54) is 12.1 Å². The van der Waals surface area contributed by atoms with Crippen LogP contribution < -0.4 is 10.6 Å². The van der Waals surface area contributed by atoms with E-state index in [9.17, 15) is 9.18 Å². The molecule has 0 saturated heterocycles. The van der Waals surface area contributed by atoms with Crippen molar-refractivity contribution >= 4 is 17.0 Å². The van der Waals surface area contributed by atoms with Gasteiger partial charge in [-0.15, -0.1) is 0 Å². The van der Waals surface area contributed by atoms with Gasteiger partial charge in [-0.05, 0) is 56.7 Å². The second kappa shape index (κ2) is 7.21. The van der Waals surface area contributed by atoms with E-state index < -0.39 is 0 Å². The summed E-state index contributed by atoms with van der Waals surface area (Å²) in [5.74, 6) is 0.696. The van der Waals surface area contributed by atoms with Crippen molar-refractivity contribution < 1.29 is 18.7 Å². The number of fused-ring (bicyclic) bond motifs is 1. The second-order valence-electron chi connectivity index (χ2n) is 6.52. The first-order valence-corrected chi connectivity index (χ1v) is 8.39. The van der Waals surface area contributed by atoms with E-state index in [1.54, 1.807) is 6.07 Å². The summed E-state index contributed by atoms with van der Waals surface area (Å²) in [6.45, 7) is 2.35. The van der Waals surface area contributed by atoms with Gasteiger partial charge in [-0.2, -0.15) is 0 Å². The van der Waals surface area contributed by atoms with Crippen molar-refractivity contribution in [2.75, 3.05) is 6.61 Å². The number of hydrogen-bond acceptors (Lipinski definition) is 3. The van der Waals surface area contributed by atoms with Crippen LogP contribution in [-0.2, 0) is 6.54 Å². The SMILES string of the molecule is Cc1c(CNC(=O)NC2CCC(CO)CC2)oc2ccc(F)cc12. The number of carbonyl (C=O) groups is 1. The maximum Gasteiger partial charge on any atom is 0.315 e. The van der Waals surface area contributed by atoms with Crippen LogP contribution in [-0.4, -0.2) is 23.8 Å². The number of hydrogen-bond donors (Lipinski definition) is 3. The summed E-state index contributed by atoms with van der Waals surface area (Å²) < 4.78 is 19.0. The number of nitrogens with one attached hydrogen (secondary N) is 2. The first kappa shape index (κ1) is 16.8. The lowest BCUT2D eigenvalue weighted by atomic mass is 9.87. The zero-order chi connectivity index (χ0) is 17.1. The minimum atomic E-state index is -0.304. The van der Waals surface area contributed by atoms with E-state index in [0.29, 0.717) is 17.3 Å². The Bertz CT molecular complexity index is 720. The van der Waals surface area contributed by atoms with Crippen molar-refractivity contribution in [1.82, 2.24) is 10.6 Å². The smallest absolute Gasteiger partial charge is 0.315 e. The van der Waals surface area contributed by atoms with Crippen LogP contribution in [0.3, 0.4) is 0 Å². The molecule has 1 aliphatic carbocycles. The molecule has 0 unspecified atom stereocenters. The summed E-state index contributed by atoms with van der Waals surface area (Å²) in [6, 6.07) is 4.32. The first-order chi connectivity index (χ1) is 11.6. The molecule has 3 rings (SSSR count). The van der Waals surface area contributed by atoms with Crippen LogP contribution in [0, 0.1) is 18.7 Å². The molecule has 5 nitrogen and oxygen atoms in total. The van der Waals surface area contributed by atoms with Crippen molar-refractivity contribution in [2.24, 2.45) is 5.92 Å². The number of aliphatic hydroxyl groups excluding tert-OH is 1. The van der Waals surface area contributed by atoms with Gasteiger partial charge < -0.3 is 20.2 Å². The summed E-state index contributed by atoms with van der Waals surface area (Å²) in [7, 11) is 0. The molecule has 0 atom stereocenters. The van der Waals surface area contributed by atoms with Crippen LogP contribution in [0.5, 0.6) is 0 Å². The van der Waals surface area contributed by atoms with Gasteiger partial charge in [-0.3, -0.25) is 0 Å². The van der Waals surface area contributed by atoms with Crippen LogP contribution in [0.15, 0.2) is 22.6 Å². The standard InChI is InChI=1S/C18H23FN2O3/c1-11-15-8-13(19)4-7-16(15)24-17(11)9-20-18(23)21-14-5-2-12(10-22)3-6-14/h4,7-8,12,14,22H,2-3,5-6,9-10H2,1H3,(H2,20,21,23). The molecule has 1 saturated carbocycles. The van der Waals surface area contributed by atoms with E-state index >= 15 is 0 Å². The maximum absolute atomic E-state index is 13.3. The highest BCUT2D eigenvalue weighted by atomic mass is 19.1. The summed E-state index contributed by atoms with van der Waals surface area (Å²) in [6.07, 6.45) is 3.66. The molecule has 0 aliphatic heterocycles. The number of halogens is 1. The van der Waals surface area contributed by atoms with Crippen molar-refractivity contribution in [2.45, 2.75) is 45.2 Å². The minimum absolute atomic E-state index is 0.152. The van der Waals surface area contributed by atoms with Gasteiger partial charge in [0.25, 0.3) is 0 Å². The maximum atomic E-state index is 13.3. The van der Waals surface area contributed by atoms with Gasteiger partial charge in [-0.1, -0.05) is 0 Å². The fourth-order valence-corrected chi connectivity index (χ4v) is 3.30. The molecule has 0 radical (unpaired) electrons. The van der Waals surface area contributed by atoms with Crippen molar-refractivity contribution in [1.29, 1.82) is 0 Å². The molecule has 0 bridgehead atoms. The predicted octanol–water partition coefficient (Wildman–Crippen LogP) is 3.23. The average Bonchev–Trinajstić information content (AvgIpc) is 2.89. The number of aryl methyl sites for hydroxylation is 1. The number of aliphatic hydroxyl groups is 1. The summed E-state index contributed by atoms with van der Waals surface area (Å²) in [5.41, 5.74) is 1.46. The zero-order valence-corrected chi connectivity index (χ0v) is 13.8. The number of benzene rings is 1. The Kier molecular flexibility index (Phi) is 5.04. The van der Waals surface area contributed by atoms with E-state index in [0.717, 1.165) is 36.6 Å². The van der Waals surface area contributed by atoms with Crippen LogP contribution in [0.2, 0.25) is 0 Å². The molecular formula is C18H23FN2O3. The van der Waals surface area contributed by atoms with E-state index in [4.69, 9.17) is 9.52 Å². The third kappa shape index (κ3) is 3.70. The Morgan fingerprint density at radius 2 is 2.08 bits per heavy atom. The van der Waals surface area contributed by atoms with Crippen LogP contribution in [0.1, 0.15) is 37.0 Å². The molecule has 130 valence electrons. The largest absolute Gasteiger partial charge is 0.459 e. The first-order valence-electron chi connectivity index (χ1n) is 8.39. The fraction of sp³-hybridized carbons (Fsp3) is 0.500. The Balaban J connectivity index is 1.54. The molecule has 0 spiro atoms. The Morgan fingerprint density at radius 1 is 1.33 bits per heavy atom. The fourth-order valence-electron chi connectivity index (χ4n) is 3.30. The molecule has 1 aliphatic rings. The highest BCUT2D eigenvalue weighted by molar-refractivity contribution is 5.82. The minimum Gasteiger partial charge on any atom is -0.459 e. The van der Waals surface area contributed by atoms with Gasteiger partial charge in [0.1, 0.15) is 17.2 Å². The summed E-state index contributed by atoms with van der Waals surface area (Å²) in [5, 5.41) is 15.6. The number of rotatable bonds is 4. The van der Waals surface area contributed by atoms with Crippen molar-refractivity contribution in [3.05, 3.63) is 35.3 Å². The third-order valence-electron chi connectivity index (χ3n) is 4.85. The number of furan rings is 1. The van der Waals surface area contributed by atoms with Crippen LogP contribution in [0.25, 0.3) is 11.0 Å². The van der Waals surface area contributed by atoms with Crippen LogP contribution in [0.4, 0.5) is 9.18 Å².